The number of aromatic nitrogens is 1. The Hall–Kier alpha value is -1.19. The lowest BCUT2D eigenvalue weighted by molar-refractivity contribution is 0.566. The number of rotatable bonds is 5. The van der Waals surface area contributed by atoms with Gasteiger partial charge in [0.15, 0.2) is 0 Å². The van der Waals surface area contributed by atoms with Gasteiger partial charge in [0, 0.05) is 11.4 Å². The van der Waals surface area contributed by atoms with E-state index in [1.807, 2.05) is 5.51 Å². The van der Waals surface area contributed by atoms with Crippen LogP contribution in [0.3, 0.4) is 0 Å². The third-order valence-electron chi connectivity index (χ3n) is 3.00. The van der Waals surface area contributed by atoms with Gasteiger partial charge < -0.3 is 5.32 Å². The highest BCUT2D eigenvalue weighted by Gasteiger charge is 2.06. The van der Waals surface area contributed by atoms with Gasteiger partial charge in [0.2, 0.25) is 0 Å². The summed E-state index contributed by atoms with van der Waals surface area (Å²) in [6.45, 7) is 5.32. The van der Waals surface area contributed by atoms with Gasteiger partial charge in [0.05, 0.1) is 11.2 Å². The molecule has 0 aliphatic heterocycles. The third kappa shape index (κ3) is 3.38. The zero-order chi connectivity index (χ0) is 12.1. The second-order valence-corrected chi connectivity index (χ2v) is 4.98. The summed E-state index contributed by atoms with van der Waals surface area (Å²) in [4.78, 5) is 4.32. The number of benzene rings is 1. The molecular formula is C14H18N2S. The lowest BCUT2D eigenvalue weighted by atomic mass is 10.1. The van der Waals surface area contributed by atoms with Crippen LogP contribution in [0.2, 0.25) is 0 Å². The molecule has 0 aliphatic carbocycles. The lowest BCUT2D eigenvalue weighted by Gasteiger charge is -2.12. The molecule has 0 amide bonds. The van der Waals surface area contributed by atoms with Crippen molar-refractivity contribution in [2.24, 2.45) is 0 Å². The first-order valence-corrected chi connectivity index (χ1v) is 6.87. The van der Waals surface area contributed by atoms with Gasteiger partial charge in [-0.3, -0.25) is 0 Å². The monoisotopic (exact) mass is 246 g/mol. The summed E-state index contributed by atoms with van der Waals surface area (Å²) in [7, 11) is 0. The van der Waals surface area contributed by atoms with Crippen LogP contribution in [0.15, 0.2) is 35.2 Å². The van der Waals surface area contributed by atoms with Gasteiger partial charge in [-0.15, -0.1) is 11.3 Å². The number of nitrogens with one attached hydrogen (secondary N) is 1. The second kappa shape index (κ2) is 5.94. The van der Waals surface area contributed by atoms with Crippen LogP contribution in [-0.4, -0.2) is 11.5 Å². The topological polar surface area (TPSA) is 24.9 Å². The lowest BCUT2D eigenvalue weighted by Crippen LogP contribution is -2.21. The number of hydrogen-bond acceptors (Lipinski definition) is 3. The number of nitrogens with zero attached hydrogens (tertiary/aromatic N) is 1. The van der Waals surface area contributed by atoms with E-state index in [1.54, 1.807) is 11.3 Å². The van der Waals surface area contributed by atoms with E-state index in [0.717, 1.165) is 18.7 Å². The van der Waals surface area contributed by atoms with Crippen molar-refractivity contribution >= 4 is 11.3 Å². The Labute approximate surface area is 107 Å². The van der Waals surface area contributed by atoms with E-state index < -0.39 is 0 Å². The van der Waals surface area contributed by atoms with Gasteiger partial charge in [-0.05, 0) is 37.9 Å². The standard InChI is InChI=1S/C14H18N2S/c1-11-5-3-4-6-13(11)7-8-15-12(2)14-9-17-10-16-14/h3-6,9-10,12,15H,7-8H2,1-2H3. The molecule has 1 unspecified atom stereocenters. The fourth-order valence-corrected chi connectivity index (χ4v) is 2.50. The van der Waals surface area contributed by atoms with Crippen LogP contribution in [0.25, 0.3) is 0 Å². The average molecular weight is 246 g/mol. The molecular weight excluding hydrogens is 228 g/mol. The molecule has 0 saturated heterocycles. The summed E-state index contributed by atoms with van der Waals surface area (Å²) in [6.07, 6.45) is 1.07. The van der Waals surface area contributed by atoms with Gasteiger partial charge in [0.25, 0.3) is 0 Å². The number of aryl methyl sites for hydroxylation is 1. The average Bonchev–Trinajstić information content (AvgIpc) is 2.85. The van der Waals surface area contributed by atoms with E-state index in [1.165, 1.54) is 11.1 Å². The van der Waals surface area contributed by atoms with Crippen LogP contribution in [0.4, 0.5) is 0 Å². The SMILES string of the molecule is Cc1ccccc1CCNC(C)c1cscn1. The summed E-state index contributed by atoms with van der Waals surface area (Å²) in [5.74, 6) is 0. The van der Waals surface area contributed by atoms with E-state index in [2.05, 4.69) is 53.8 Å². The van der Waals surface area contributed by atoms with Crippen molar-refractivity contribution in [1.29, 1.82) is 0 Å². The molecule has 1 heterocycles. The van der Waals surface area contributed by atoms with Crippen molar-refractivity contribution in [2.75, 3.05) is 6.54 Å². The van der Waals surface area contributed by atoms with E-state index in [9.17, 15) is 0 Å². The van der Waals surface area contributed by atoms with Crippen LogP contribution in [0.1, 0.15) is 29.8 Å². The van der Waals surface area contributed by atoms with Gasteiger partial charge in [-0.1, -0.05) is 24.3 Å². The highest BCUT2D eigenvalue weighted by atomic mass is 32.1. The first kappa shape index (κ1) is 12.3. The quantitative estimate of drug-likeness (QED) is 0.875. The predicted octanol–water partition coefficient (Wildman–Crippen LogP) is 3.34. The molecule has 0 saturated carbocycles. The summed E-state index contributed by atoms with van der Waals surface area (Å²) in [5, 5.41) is 5.61. The van der Waals surface area contributed by atoms with Gasteiger partial charge in [-0.2, -0.15) is 0 Å². The summed E-state index contributed by atoms with van der Waals surface area (Å²) < 4.78 is 0. The number of hydrogen-bond donors (Lipinski definition) is 1. The van der Waals surface area contributed by atoms with Crippen molar-refractivity contribution in [3.8, 4) is 0 Å². The highest BCUT2D eigenvalue weighted by Crippen LogP contribution is 2.12. The molecule has 1 aromatic heterocycles. The second-order valence-electron chi connectivity index (χ2n) is 4.27. The van der Waals surface area contributed by atoms with E-state index >= 15 is 0 Å². The normalized spacial score (nSPS) is 12.6. The Morgan fingerprint density at radius 1 is 1.35 bits per heavy atom. The minimum Gasteiger partial charge on any atom is -0.308 e. The molecule has 0 radical (unpaired) electrons. The Kier molecular flexibility index (Phi) is 4.29. The highest BCUT2D eigenvalue weighted by molar-refractivity contribution is 7.07. The van der Waals surface area contributed by atoms with Crippen LogP contribution in [-0.2, 0) is 6.42 Å². The molecule has 90 valence electrons. The summed E-state index contributed by atoms with van der Waals surface area (Å²) in [5.41, 5.74) is 5.82. The van der Waals surface area contributed by atoms with Crippen molar-refractivity contribution in [1.82, 2.24) is 10.3 Å². The Balaban J connectivity index is 1.82. The summed E-state index contributed by atoms with van der Waals surface area (Å²) >= 11 is 1.65. The molecule has 2 nitrogen and oxygen atoms in total. The van der Waals surface area contributed by atoms with Crippen LogP contribution in [0, 0.1) is 6.92 Å². The fraction of sp³-hybridized carbons (Fsp3) is 0.357. The molecule has 1 aromatic carbocycles. The Morgan fingerprint density at radius 3 is 2.88 bits per heavy atom. The van der Waals surface area contributed by atoms with Crippen LogP contribution < -0.4 is 5.32 Å². The Morgan fingerprint density at radius 2 is 2.18 bits per heavy atom. The minimum atomic E-state index is 0.338. The predicted molar refractivity (Wildman–Crippen MR) is 73.4 cm³/mol. The first-order chi connectivity index (χ1) is 8.27. The molecule has 17 heavy (non-hydrogen) atoms. The molecule has 0 aliphatic rings. The molecule has 0 spiro atoms. The van der Waals surface area contributed by atoms with Crippen molar-refractivity contribution in [2.45, 2.75) is 26.3 Å². The maximum absolute atomic E-state index is 4.32. The van der Waals surface area contributed by atoms with E-state index in [0.29, 0.717) is 6.04 Å². The molecule has 2 aromatic rings. The zero-order valence-electron chi connectivity index (χ0n) is 10.3. The van der Waals surface area contributed by atoms with Gasteiger partial charge in [-0.25, -0.2) is 4.98 Å². The largest absolute Gasteiger partial charge is 0.308 e. The smallest absolute Gasteiger partial charge is 0.0795 e. The molecule has 1 N–H and O–H groups in total. The fourth-order valence-electron chi connectivity index (χ4n) is 1.85. The van der Waals surface area contributed by atoms with E-state index in [-0.39, 0.29) is 0 Å². The molecule has 0 bridgehead atoms. The van der Waals surface area contributed by atoms with Gasteiger partial charge >= 0.3 is 0 Å². The van der Waals surface area contributed by atoms with Crippen molar-refractivity contribution in [3.63, 3.8) is 0 Å². The zero-order valence-corrected chi connectivity index (χ0v) is 11.1. The van der Waals surface area contributed by atoms with Crippen LogP contribution >= 0.6 is 11.3 Å². The molecule has 0 fully saturated rings. The van der Waals surface area contributed by atoms with Crippen molar-refractivity contribution in [3.05, 3.63) is 52.0 Å². The maximum Gasteiger partial charge on any atom is 0.0795 e. The first-order valence-electron chi connectivity index (χ1n) is 5.93. The molecule has 1 atom stereocenters. The third-order valence-corrected chi connectivity index (χ3v) is 3.61. The minimum absolute atomic E-state index is 0.338. The van der Waals surface area contributed by atoms with Crippen molar-refractivity contribution < 1.29 is 0 Å². The van der Waals surface area contributed by atoms with E-state index in [4.69, 9.17) is 0 Å². The van der Waals surface area contributed by atoms with Crippen LogP contribution in [0.5, 0.6) is 0 Å². The Bertz CT molecular complexity index is 451. The molecule has 2 rings (SSSR count). The van der Waals surface area contributed by atoms with Gasteiger partial charge in [0.1, 0.15) is 0 Å². The number of thiazole rings is 1. The maximum atomic E-state index is 4.32. The molecule has 3 heteroatoms. The summed E-state index contributed by atoms with van der Waals surface area (Å²) in [6, 6.07) is 8.89.